The van der Waals surface area contributed by atoms with E-state index in [0.29, 0.717) is 0 Å². The first-order valence-corrected chi connectivity index (χ1v) is 6.08. The van der Waals surface area contributed by atoms with Gasteiger partial charge in [-0.3, -0.25) is 13.8 Å². The Morgan fingerprint density at radius 3 is 1.83 bits per heavy atom. The van der Waals surface area contributed by atoms with E-state index in [1.807, 2.05) is 0 Å². The molecule has 0 spiro atoms. The van der Waals surface area contributed by atoms with Gasteiger partial charge < -0.3 is 15.3 Å². The lowest BCUT2D eigenvalue weighted by Gasteiger charge is -1.99. The predicted molar refractivity (Wildman–Crippen MR) is 58.1 cm³/mol. The average molecular weight is 288 g/mol. The molecule has 0 aromatic rings. The molecule has 0 amide bonds. The van der Waals surface area contributed by atoms with Crippen LogP contribution < -0.4 is 0 Å². The quantitative estimate of drug-likeness (QED) is 0.488. The van der Waals surface area contributed by atoms with Gasteiger partial charge in [-0.1, -0.05) is 0 Å². The summed E-state index contributed by atoms with van der Waals surface area (Å²) in [4.78, 5) is 19.3. The number of hydrogen-bond donors (Lipinski definition) is 3. The summed E-state index contributed by atoms with van der Waals surface area (Å²) in [6, 6.07) is 0. The van der Waals surface area contributed by atoms with Gasteiger partial charge in [0.2, 0.25) is 0 Å². The van der Waals surface area contributed by atoms with E-state index < -0.39 is 22.3 Å². The maximum Gasteiger partial charge on any atom is 0.399 e. The lowest BCUT2D eigenvalue weighted by atomic mass is 10.3. The third kappa shape index (κ3) is 17.2. The van der Waals surface area contributed by atoms with Gasteiger partial charge in [-0.2, -0.15) is 8.42 Å². The molecule has 0 unspecified atom stereocenters. The van der Waals surface area contributed by atoms with Crippen LogP contribution in [-0.4, -0.2) is 56.0 Å². The Morgan fingerprint density at radius 1 is 1.11 bits per heavy atom. The summed E-state index contributed by atoms with van der Waals surface area (Å²) >= 11 is 0. The van der Waals surface area contributed by atoms with Crippen LogP contribution in [0.4, 0.5) is 0 Å². The maximum atomic E-state index is 10.3. The van der Waals surface area contributed by atoms with Crippen LogP contribution in [0.25, 0.3) is 0 Å². The second-order valence-electron chi connectivity index (χ2n) is 2.76. The summed E-state index contributed by atoms with van der Waals surface area (Å²) in [5.41, 5.74) is 0. The van der Waals surface area contributed by atoms with Crippen molar-refractivity contribution in [3.63, 3.8) is 0 Å². The zero-order valence-electron chi connectivity index (χ0n) is 9.73. The van der Waals surface area contributed by atoms with Crippen molar-refractivity contribution in [2.24, 2.45) is 0 Å². The zero-order chi connectivity index (χ0) is 14.6. The second-order valence-corrected chi connectivity index (χ2v) is 4.15. The lowest BCUT2D eigenvalue weighted by molar-refractivity contribution is -0.143. The van der Waals surface area contributed by atoms with Crippen molar-refractivity contribution >= 4 is 22.3 Å². The number of aliphatic hydroxyl groups is 1. The standard InChI is InChI=1S/C4H10O5S.C4H6O4/c1-8-10(6,7)9-4-2-3-5;5-3(6)1-2-4(7)8/h5H,2-4H2,1H3;1-2H2,(H,5,6)(H,7,8). The fourth-order valence-electron chi connectivity index (χ4n) is 0.488. The van der Waals surface area contributed by atoms with Crippen molar-refractivity contribution in [2.45, 2.75) is 19.3 Å². The Hall–Kier alpha value is -1.23. The molecule has 0 aromatic carbocycles. The van der Waals surface area contributed by atoms with Gasteiger partial charge in [0.05, 0.1) is 26.6 Å². The highest BCUT2D eigenvalue weighted by Crippen LogP contribution is 1.93. The SMILES string of the molecule is COS(=O)(=O)OCCCO.O=C(O)CCC(=O)O. The van der Waals surface area contributed by atoms with Crippen LogP contribution in [0.3, 0.4) is 0 Å². The Balaban J connectivity index is 0. The van der Waals surface area contributed by atoms with Crippen molar-refractivity contribution < 1.29 is 41.7 Å². The lowest BCUT2D eigenvalue weighted by Crippen LogP contribution is -2.09. The van der Waals surface area contributed by atoms with Gasteiger partial charge in [-0.25, -0.2) is 4.18 Å². The van der Waals surface area contributed by atoms with Crippen molar-refractivity contribution in [2.75, 3.05) is 20.3 Å². The smallest absolute Gasteiger partial charge is 0.399 e. The normalized spacial score (nSPS) is 10.3. The Kier molecular flexibility index (Phi) is 11.6. The number of rotatable bonds is 8. The molecule has 0 aliphatic rings. The van der Waals surface area contributed by atoms with Crippen LogP contribution in [0.5, 0.6) is 0 Å². The van der Waals surface area contributed by atoms with Crippen molar-refractivity contribution in [3.05, 3.63) is 0 Å². The molecule has 0 atom stereocenters. The number of aliphatic hydroxyl groups excluding tert-OH is 1. The third-order valence-corrected chi connectivity index (χ3v) is 2.15. The fourth-order valence-corrected chi connectivity index (χ4v) is 0.906. The molecule has 9 nitrogen and oxygen atoms in total. The van der Waals surface area contributed by atoms with Gasteiger partial charge >= 0.3 is 22.3 Å². The Bertz CT molecular complexity index is 320. The summed E-state index contributed by atoms with van der Waals surface area (Å²) in [7, 11) is -2.79. The molecule has 0 radical (unpaired) electrons. The molecule has 18 heavy (non-hydrogen) atoms. The van der Waals surface area contributed by atoms with Crippen molar-refractivity contribution in [1.82, 2.24) is 0 Å². The predicted octanol–water partition coefficient (Wildman–Crippen LogP) is -0.788. The average Bonchev–Trinajstić information content (AvgIpc) is 2.27. The van der Waals surface area contributed by atoms with Gasteiger partial charge in [0, 0.05) is 6.61 Å². The first-order chi connectivity index (χ1) is 8.25. The Morgan fingerprint density at radius 2 is 1.56 bits per heavy atom. The molecule has 0 aliphatic carbocycles. The summed E-state index contributed by atoms with van der Waals surface area (Å²) in [6.07, 6.45) is -0.312. The number of hydrogen-bond acceptors (Lipinski definition) is 7. The molecule has 0 heterocycles. The summed E-state index contributed by atoms with van der Waals surface area (Å²) in [6.45, 7) is -0.147. The van der Waals surface area contributed by atoms with Crippen molar-refractivity contribution in [3.8, 4) is 0 Å². The molecule has 3 N–H and O–H groups in total. The molecule has 0 saturated carbocycles. The first kappa shape index (κ1) is 19.1. The molecule has 0 fully saturated rings. The second kappa shape index (κ2) is 10.9. The van der Waals surface area contributed by atoms with E-state index in [1.165, 1.54) is 0 Å². The molecule has 0 aliphatic heterocycles. The molecule has 108 valence electrons. The molecule has 10 heteroatoms. The van der Waals surface area contributed by atoms with Gasteiger partial charge in [0.25, 0.3) is 0 Å². The maximum absolute atomic E-state index is 10.3. The van der Waals surface area contributed by atoms with Crippen LogP contribution in [-0.2, 0) is 28.4 Å². The van der Waals surface area contributed by atoms with Crippen LogP contribution in [0.1, 0.15) is 19.3 Å². The van der Waals surface area contributed by atoms with Gasteiger partial charge in [-0.15, -0.1) is 0 Å². The van der Waals surface area contributed by atoms with E-state index in [2.05, 4.69) is 8.37 Å². The minimum Gasteiger partial charge on any atom is -0.481 e. The van der Waals surface area contributed by atoms with E-state index in [9.17, 15) is 18.0 Å². The molecular weight excluding hydrogens is 272 g/mol. The highest BCUT2D eigenvalue weighted by molar-refractivity contribution is 7.81. The number of aliphatic carboxylic acids is 2. The number of carbonyl (C=O) groups is 2. The van der Waals surface area contributed by atoms with E-state index >= 15 is 0 Å². The molecule has 0 rings (SSSR count). The van der Waals surface area contributed by atoms with Crippen molar-refractivity contribution in [1.29, 1.82) is 0 Å². The Labute approximate surface area is 104 Å². The van der Waals surface area contributed by atoms with E-state index in [1.54, 1.807) is 0 Å². The van der Waals surface area contributed by atoms with Gasteiger partial charge in [0.15, 0.2) is 0 Å². The van der Waals surface area contributed by atoms with E-state index in [-0.39, 0.29) is 32.5 Å². The highest BCUT2D eigenvalue weighted by atomic mass is 32.3. The third-order valence-electron chi connectivity index (χ3n) is 1.29. The van der Waals surface area contributed by atoms with Gasteiger partial charge in [-0.05, 0) is 6.42 Å². The van der Waals surface area contributed by atoms with E-state index in [4.69, 9.17) is 15.3 Å². The largest absolute Gasteiger partial charge is 0.481 e. The minimum atomic E-state index is -3.80. The summed E-state index contributed by atoms with van der Waals surface area (Å²) < 4.78 is 28.9. The van der Waals surface area contributed by atoms with Gasteiger partial charge in [0.1, 0.15) is 0 Å². The summed E-state index contributed by atoms with van der Waals surface area (Å²) in [5, 5.41) is 24.0. The monoisotopic (exact) mass is 288 g/mol. The summed E-state index contributed by atoms with van der Waals surface area (Å²) in [5.74, 6) is -2.15. The zero-order valence-corrected chi connectivity index (χ0v) is 10.6. The molecule has 0 saturated heterocycles. The molecule has 0 bridgehead atoms. The topological polar surface area (TPSA) is 147 Å². The molecular formula is C8H16O9S. The van der Waals surface area contributed by atoms with Crippen LogP contribution in [0.15, 0.2) is 0 Å². The van der Waals surface area contributed by atoms with Crippen LogP contribution >= 0.6 is 0 Å². The first-order valence-electron chi connectivity index (χ1n) is 4.74. The minimum absolute atomic E-state index is 0.0489. The van der Waals surface area contributed by atoms with Crippen LogP contribution in [0.2, 0.25) is 0 Å². The molecule has 0 aromatic heterocycles. The van der Waals surface area contributed by atoms with E-state index in [0.717, 1.165) is 7.11 Å². The number of carboxylic acids is 2. The fraction of sp³-hybridized carbons (Fsp3) is 0.750. The van der Waals surface area contributed by atoms with Crippen LogP contribution in [0, 0.1) is 0 Å². The number of carboxylic acid groups (broad SMARTS) is 2. The highest BCUT2D eigenvalue weighted by Gasteiger charge is 2.06.